The molecule has 2 aromatic heterocycles. The normalized spacial score (nSPS) is 10.9. The molecule has 0 spiro atoms. The number of hydrogen-bond acceptors (Lipinski definition) is 6. The number of aliphatic hydroxyl groups is 1. The summed E-state index contributed by atoms with van der Waals surface area (Å²) in [7, 11) is 1.00. The lowest BCUT2D eigenvalue weighted by Crippen LogP contribution is -2.16. The topological polar surface area (TPSA) is 76.0 Å². The summed E-state index contributed by atoms with van der Waals surface area (Å²) in [6.45, 7) is 5.82. The van der Waals surface area contributed by atoms with Crippen LogP contribution in [0.5, 0.6) is 0 Å². The summed E-state index contributed by atoms with van der Waals surface area (Å²) in [5, 5.41) is 9.17. The van der Waals surface area contributed by atoms with E-state index in [1.54, 1.807) is 6.20 Å². The largest absolute Gasteiger partial charge is 0.400 e. The van der Waals surface area contributed by atoms with E-state index in [0.717, 1.165) is 40.3 Å². The molecule has 6 heteroatoms. The summed E-state index contributed by atoms with van der Waals surface area (Å²) in [5.74, 6) is 0. The van der Waals surface area contributed by atoms with Gasteiger partial charge in [0.25, 0.3) is 0 Å². The minimum absolute atomic E-state index is 0.534. The number of thioether (sulfide) groups is 1. The number of pyridine rings is 1. The molecule has 0 aliphatic heterocycles. The van der Waals surface area contributed by atoms with Gasteiger partial charge in [0, 0.05) is 36.7 Å². The molecule has 0 bridgehead atoms. The van der Waals surface area contributed by atoms with Crippen LogP contribution in [0.25, 0.3) is 22.0 Å². The number of nitrogens with zero attached hydrogens (tertiary/aromatic N) is 3. The quantitative estimate of drug-likeness (QED) is 0.568. The Morgan fingerprint density at radius 3 is 2.60 bits per heavy atom. The summed E-state index contributed by atoms with van der Waals surface area (Å²) in [4.78, 5) is 25.0. The molecule has 1 aromatic carbocycles. The highest BCUT2D eigenvalue weighted by Gasteiger charge is 2.22. The fourth-order valence-corrected chi connectivity index (χ4v) is 3.37. The summed E-state index contributed by atoms with van der Waals surface area (Å²) < 4.78 is -0.534. The third-order valence-electron chi connectivity index (χ3n) is 3.51. The number of aromatic nitrogens is 3. The zero-order valence-corrected chi connectivity index (χ0v) is 15.5. The van der Waals surface area contributed by atoms with E-state index < -0.39 is 4.75 Å². The first-order valence-electron chi connectivity index (χ1n) is 7.75. The maximum absolute atomic E-state index is 11.3. The van der Waals surface area contributed by atoms with Gasteiger partial charge in [-0.05, 0) is 32.2 Å². The number of aryl methyl sites for hydroxylation is 1. The van der Waals surface area contributed by atoms with Gasteiger partial charge in [0.2, 0.25) is 0 Å². The molecule has 0 aliphatic rings. The van der Waals surface area contributed by atoms with Crippen LogP contribution in [0, 0.1) is 6.92 Å². The Morgan fingerprint density at radius 2 is 1.88 bits per heavy atom. The predicted molar refractivity (Wildman–Crippen MR) is 102 cm³/mol. The van der Waals surface area contributed by atoms with Gasteiger partial charge in [0.1, 0.15) is 12.6 Å². The van der Waals surface area contributed by atoms with E-state index in [0.29, 0.717) is 0 Å². The molecule has 0 unspecified atom stereocenters. The molecule has 0 radical (unpaired) electrons. The van der Waals surface area contributed by atoms with Gasteiger partial charge in [-0.25, -0.2) is 9.97 Å². The minimum Gasteiger partial charge on any atom is -0.400 e. The zero-order chi connectivity index (χ0) is 18.4. The van der Waals surface area contributed by atoms with Crippen LogP contribution in [0.1, 0.15) is 19.4 Å². The van der Waals surface area contributed by atoms with Crippen molar-refractivity contribution in [2.24, 2.45) is 0 Å². The highest BCUT2D eigenvalue weighted by Crippen LogP contribution is 2.38. The maximum Gasteiger partial charge on any atom is 0.135 e. The van der Waals surface area contributed by atoms with Gasteiger partial charge in [-0.15, -0.1) is 11.8 Å². The zero-order valence-electron chi connectivity index (χ0n) is 14.7. The number of rotatable bonds is 4. The number of benzene rings is 1. The van der Waals surface area contributed by atoms with Crippen LogP contribution in [0.3, 0.4) is 0 Å². The number of fused-ring (bicyclic) bond motifs is 1. The first kappa shape index (κ1) is 19.0. The van der Waals surface area contributed by atoms with E-state index in [1.165, 1.54) is 23.7 Å². The van der Waals surface area contributed by atoms with E-state index in [4.69, 9.17) is 5.11 Å². The molecular formula is C19H21N3O2S. The van der Waals surface area contributed by atoms with Crippen LogP contribution < -0.4 is 0 Å². The Hall–Kier alpha value is -2.31. The summed E-state index contributed by atoms with van der Waals surface area (Å²) in [6.07, 6.45) is 7.90. The molecule has 25 heavy (non-hydrogen) atoms. The molecule has 0 amide bonds. The standard InChI is InChI=1S/C18H17N3OS.CH4O/c1-12-4-5-14-13(6-12)7-19-8-15(14)17-16(9-20-11-21-17)23-18(2,3)10-22;1-2/h4-11H,1-3H3;2H,1H3. The molecule has 0 aliphatic carbocycles. The SMILES string of the molecule is CO.Cc1ccc2c(-c3ncncc3SC(C)(C)C=O)cncc2c1. The van der Waals surface area contributed by atoms with Crippen LogP contribution in [0.15, 0.2) is 48.0 Å². The fourth-order valence-electron chi connectivity index (χ4n) is 2.39. The predicted octanol–water partition coefficient (Wildman–Crippen LogP) is 3.68. The third kappa shape index (κ3) is 4.41. The van der Waals surface area contributed by atoms with E-state index in [2.05, 4.69) is 40.1 Å². The number of carbonyl (C=O) groups excluding carboxylic acids is 1. The first-order chi connectivity index (χ1) is 12.0. The first-order valence-corrected chi connectivity index (χ1v) is 8.56. The highest BCUT2D eigenvalue weighted by molar-refractivity contribution is 8.01. The van der Waals surface area contributed by atoms with Crippen LogP contribution in [-0.4, -0.2) is 38.2 Å². The minimum atomic E-state index is -0.534. The van der Waals surface area contributed by atoms with Gasteiger partial charge in [-0.2, -0.15) is 0 Å². The van der Waals surface area contributed by atoms with Gasteiger partial charge in [0.15, 0.2) is 0 Å². The number of aliphatic hydroxyl groups excluding tert-OH is 1. The average molecular weight is 355 g/mol. The van der Waals surface area contributed by atoms with Crippen molar-refractivity contribution in [3.63, 3.8) is 0 Å². The van der Waals surface area contributed by atoms with Gasteiger partial charge >= 0.3 is 0 Å². The van der Waals surface area contributed by atoms with Crippen LogP contribution in [0.2, 0.25) is 0 Å². The van der Waals surface area contributed by atoms with E-state index >= 15 is 0 Å². The number of carbonyl (C=O) groups is 1. The summed E-state index contributed by atoms with van der Waals surface area (Å²) in [5.41, 5.74) is 2.95. The molecule has 3 aromatic rings. The van der Waals surface area contributed by atoms with Crippen molar-refractivity contribution in [2.45, 2.75) is 30.4 Å². The molecule has 2 heterocycles. The summed E-state index contributed by atoms with van der Waals surface area (Å²) in [6, 6.07) is 6.27. The van der Waals surface area contributed by atoms with E-state index in [1.807, 2.05) is 26.2 Å². The second-order valence-corrected chi connectivity index (χ2v) is 7.67. The molecule has 3 rings (SSSR count). The molecule has 0 fully saturated rings. The van der Waals surface area contributed by atoms with Gasteiger partial charge in [0.05, 0.1) is 15.3 Å². The lowest BCUT2D eigenvalue weighted by molar-refractivity contribution is -0.109. The molecule has 5 nitrogen and oxygen atoms in total. The van der Waals surface area contributed by atoms with Gasteiger partial charge in [-0.3, -0.25) is 4.98 Å². The Bertz CT molecular complexity index is 881. The Labute approximate surface area is 151 Å². The molecule has 0 saturated carbocycles. The van der Waals surface area contributed by atoms with E-state index in [9.17, 15) is 4.79 Å². The molecule has 130 valence electrons. The molecule has 0 atom stereocenters. The van der Waals surface area contributed by atoms with Crippen molar-refractivity contribution in [3.8, 4) is 11.3 Å². The monoisotopic (exact) mass is 355 g/mol. The number of hydrogen-bond donors (Lipinski definition) is 1. The van der Waals surface area contributed by atoms with Crippen molar-refractivity contribution >= 4 is 28.8 Å². The van der Waals surface area contributed by atoms with Gasteiger partial charge in [-0.1, -0.05) is 17.7 Å². The van der Waals surface area contributed by atoms with Crippen molar-refractivity contribution in [1.82, 2.24) is 15.0 Å². The van der Waals surface area contributed by atoms with Crippen LogP contribution in [-0.2, 0) is 4.79 Å². The van der Waals surface area contributed by atoms with Crippen molar-refractivity contribution in [1.29, 1.82) is 0 Å². The van der Waals surface area contributed by atoms with Crippen LogP contribution in [0.4, 0.5) is 0 Å². The molecular weight excluding hydrogens is 334 g/mol. The van der Waals surface area contributed by atoms with Gasteiger partial charge < -0.3 is 9.90 Å². The van der Waals surface area contributed by atoms with Crippen molar-refractivity contribution in [3.05, 3.63) is 48.7 Å². The van der Waals surface area contributed by atoms with Crippen molar-refractivity contribution < 1.29 is 9.90 Å². The van der Waals surface area contributed by atoms with Crippen molar-refractivity contribution in [2.75, 3.05) is 7.11 Å². The second-order valence-electron chi connectivity index (χ2n) is 5.97. The van der Waals surface area contributed by atoms with E-state index in [-0.39, 0.29) is 0 Å². The Balaban J connectivity index is 0.00000109. The summed E-state index contributed by atoms with van der Waals surface area (Å²) >= 11 is 1.46. The average Bonchev–Trinajstić information content (AvgIpc) is 2.63. The lowest BCUT2D eigenvalue weighted by Gasteiger charge is -2.18. The number of aldehydes is 1. The van der Waals surface area contributed by atoms with Crippen LogP contribution >= 0.6 is 11.8 Å². The Kier molecular flexibility index (Phi) is 6.22. The highest BCUT2D eigenvalue weighted by atomic mass is 32.2. The second kappa shape index (κ2) is 8.18. The lowest BCUT2D eigenvalue weighted by atomic mass is 10.0. The third-order valence-corrected chi connectivity index (χ3v) is 4.65. The maximum atomic E-state index is 11.3. The Morgan fingerprint density at radius 1 is 1.12 bits per heavy atom. The molecule has 1 N–H and O–H groups in total. The fraction of sp³-hybridized carbons (Fsp3) is 0.263. The molecule has 0 saturated heterocycles. The smallest absolute Gasteiger partial charge is 0.135 e.